The third-order valence-corrected chi connectivity index (χ3v) is 6.66. The zero-order valence-electron chi connectivity index (χ0n) is 19.8. The highest BCUT2D eigenvalue weighted by Crippen LogP contribution is 2.42. The van der Waals surface area contributed by atoms with E-state index in [1.165, 1.54) is 0 Å². The number of likely N-dealkylation sites (tertiary alicyclic amines) is 1. The summed E-state index contributed by atoms with van der Waals surface area (Å²) >= 11 is 0. The zero-order chi connectivity index (χ0) is 24.5. The lowest BCUT2D eigenvalue weighted by molar-refractivity contribution is -0.140. The second-order valence-corrected chi connectivity index (χ2v) is 8.66. The van der Waals surface area contributed by atoms with Gasteiger partial charge in [0, 0.05) is 37.9 Å². The molecule has 0 saturated carbocycles. The second-order valence-electron chi connectivity index (χ2n) is 8.66. The summed E-state index contributed by atoms with van der Waals surface area (Å²) < 4.78 is 12.7. The Balaban J connectivity index is 1.64. The van der Waals surface area contributed by atoms with E-state index in [0.717, 1.165) is 13.1 Å². The molecule has 0 radical (unpaired) electrons. The van der Waals surface area contributed by atoms with E-state index in [-0.39, 0.29) is 11.3 Å². The first kappa shape index (κ1) is 23.1. The van der Waals surface area contributed by atoms with Gasteiger partial charge in [-0.3, -0.25) is 18.9 Å². The number of morpholine rings is 1. The molecule has 35 heavy (non-hydrogen) atoms. The Hall–Kier alpha value is -3.69. The van der Waals surface area contributed by atoms with Gasteiger partial charge in [-0.25, -0.2) is 4.98 Å². The summed E-state index contributed by atoms with van der Waals surface area (Å²) in [5.74, 6) is -1.06. The highest BCUT2D eigenvalue weighted by Gasteiger charge is 2.47. The van der Waals surface area contributed by atoms with Crippen LogP contribution in [0.15, 0.2) is 54.2 Å². The second kappa shape index (κ2) is 9.52. The van der Waals surface area contributed by atoms with Gasteiger partial charge in [0.05, 0.1) is 37.6 Å². The van der Waals surface area contributed by atoms with Crippen LogP contribution in [0.3, 0.4) is 0 Å². The number of carbonyl (C=O) groups is 2. The molecule has 182 valence electrons. The fourth-order valence-electron chi connectivity index (χ4n) is 4.93. The highest BCUT2D eigenvalue weighted by atomic mass is 16.5. The monoisotopic (exact) mass is 476 g/mol. The van der Waals surface area contributed by atoms with E-state index >= 15 is 0 Å². The summed E-state index contributed by atoms with van der Waals surface area (Å²) in [5.41, 5.74) is 2.28. The van der Waals surface area contributed by atoms with E-state index in [9.17, 15) is 14.7 Å². The molecule has 2 aromatic heterocycles. The summed E-state index contributed by atoms with van der Waals surface area (Å²) in [5, 5.41) is 11.6. The first-order valence-electron chi connectivity index (χ1n) is 11.7. The maximum atomic E-state index is 13.4. The molecule has 2 fully saturated rings. The average molecular weight is 477 g/mol. The fraction of sp³-hybridized carbons (Fsp3) is 0.346. The number of ketones is 1. The number of benzene rings is 1. The predicted octanol–water partition coefficient (Wildman–Crippen LogP) is 2.41. The van der Waals surface area contributed by atoms with Gasteiger partial charge in [0.2, 0.25) is 0 Å². The lowest BCUT2D eigenvalue weighted by Gasteiger charge is -2.31. The SMILES string of the molecule is COc1ccccc1C1C(=C(O)c2c(C)nc3ccccn23)C(=O)C(=O)N1CCN1CCOCC1. The van der Waals surface area contributed by atoms with Gasteiger partial charge in [-0.2, -0.15) is 0 Å². The van der Waals surface area contributed by atoms with Crippen LogP contribution in [0.5, 0.6) is 5.75 Å². The van der Waals surface area contributed by atoms with Gasteiger partial charge in [0.15, 0.2) is 5.76 Å². The smallest absolute Gasteiger partial charge is 0.295 e. The number of methoxy groups -OCH3 is 1. The van der Waals surface area contributed by atoms with E-state index in [4.69, 9.17) is 9.47 Å². The van der Waals surface area contributed by atoms with Crippen molar-refractivity contribution in [1.82, 2.24) is 19.2 Å². The van der Waals surface area contributed by atoms with Crippen molar-refractivity contribution in [2.75, 3.05) is 46.5 Å². The molecule has 1 unspecified atom stereocenters. The quantitative estimate of drug-likeness (QED) is 0.332. The Bertz CT molecular complexity index is 1310. The van der Waals surface area contributed by atoms with Crippen molar-refractivity contribution < 1.29 is 24.2 Å². The van der Waals surface area contributed by atoms with Gasteiger partial charge in [-0.15, -0.1) is 0 Å². The number of rotatable bonds is 6. The summed E-state index contributed by atoms with van der Waals surface area (Å²) in [6.07, 6.45) is 1.77. The number of para-hydroxylation sites is 1. The Kier molecular flexibility index (Phi) is 6.27. The highest BCUT2D eigenvalue weighted by molar-refractivity contribution is 6.46. The summed E-state index contributed by atoms with van der Waals surface area (Å²) in [4.78, 5) is 35.0. The summed E-state index contributed by atoms with van der Waals surface area (Å²) in [6.45, 7) is 5.51. The van der Waals surface area contributed by atoms with Crippen LogP contribution in [0, 0.1) is 6.92 Å². The van der Waals surface area contributed by atoms with Crippen molar-refractivity contribution in [3.63, 3.8) is 0 Å². The van der Waals surface area contributed by atoms with Crippen molar-refractivity contribution in [2.45, 2.75) is 13.0 Å². The number of aliphatic hydroxyl groups is 1. The molecular formula is C26H28N4O5. The maximum Gasteiger partial charge on any atom is 0.295 e. The lowest BCUT2D eigenvalue weighted by atomic mass is 9.95. The molecule has 1 amide bonds. The Labute approximate surface area is 203 Å². The number of amides is 1. The van der Waals surface area contributed by atoms with Crippen molar-refractivity contribution in [1.29, 1.82) is 0 Å². The van der Waals surface area contributed by atoms with Gasteiger partial charge in [-0.1, -0.05) is 24.3 Å². The van der Waals surface area contributed by atoms with Crippen LogP contribution < -0.4 is 4.74 Å². The number of ether oxygens (including phenoxy) is 2. The number of aryl methyl sites for hydroxylation is 1. The van der Waals surface area contributed by atoms with Crippen molar-refractivity contribution >= 4 is 23.1 Å². The molecule has 5 rings (SSSR count). The molecule has 2 aliphatic heterocycles. The van der Waals surface area contributed by atoms with Gasteiger partial charge in [0.1, 0.15) is 17.1 Å². The first-order chi connectivity index (χ1) is 17.0. The van der Waals surface area contributed by atoms with E-state index in [1.807, 2.05) is 36.4 Å². The van der Waals surface area contributed by atoms with Crippen LogP contribution in [0.1, 0.15) is 23.0 Å². The minimum atomic E-state index is -0.791. The third-order valence-electron chi connectivity index (χ3n) is 6.66. The maximum absolute atomic E-state index is 13.4. The number of nitrogens with zero attached hydrogens (tertiary/aromatic N) is 4. The third kappa shape index (κ3) is 4.06. The molecule has 0 bridgehead atoms. The predicted molar refractivity (Wildman–Crippen MR) is 129 cm³/mol. The van der Waals surface area contributed by atoms with Gasteiger partial charge < -0.3 is 19.5 Å². The van der Waals surface area contributed by atoms with Gasteiger partial charge in [0.25, 0.3) is 11.7 Å². The van der Waals surface area contributed by atoms with E-state index in [2.05, 4.69) is 9.88 Å². The van der Waals surface area contributed by atoms with Crippen LogP contribution in [-0.4, -0.2) is 82.5 Å². The first-order valence-corrected chi connectivity index (χ1v) is 11.7. The fourth-order valence-corrected chi connectivity index (χ4v) is 4.93. The number of hydrogen-bond acceptors (Lipinski definition) is 7. The molecule has 2 aliphatic rings. The van der Waals surface area contributed by atoms with Crippen LogP contribution in [0.25, 0.3) is 11.4 Å². The molecule has 3 aromatic rings. The number of Topliss-reactive ketones (excluding diaryl/α,β-unsaturated/α-hetero) is 1. The van der Waals surface area contributed by atoms with E-state index < -0.39 is 17.7 Å². The van der Waals surface area contributed by atoms with Crippen molar-refractivity contribution in [2.24, 2.45) is 0 Å². The minimum Gasteiger partial charge on any atom is -0.505 e. The number of hydrogen-bond donors (Lipinski definition) is 1. The normalized spacial score (nSPS) is 20.6. The Morgan fingerprint density at radius 2 is 1.86 bits per heavy atom. The molecule has 0 aliphatic carbocycles. The van der Waals surface area contributed by atoms with E-state index in [0.29, 0.717) is 54.7 Å². The van der Waals surface area contributed by atoms with Gasteiger partial charge in [-0.05, 0) is 25.1 Å². The summed E-state index contributed by atoms with van der Waals surface area (Å²) in [7, 11) is 1.55. The Morgan fingerprint density at radius 1 is 1.11 bits per heavy atom. The zero-order valence-corrected chi connectivity index (χ0v) is 19.8. The molecule has 1 N–H and O–H groups in total. The standard InChI is InChI=1S/C26H28N4O5/c1-17-22(29-10-6-5-9-20(29)27-17)24(31)21-23(18-7-3-4-8-19(18)34-2)30(26(33)25(21)32)12-11-28-13-15-35-16-14-28/h3-10,23,31H,11-16H2,1-2H3. The minimum absolute atomic E-state index is 0.0373. The van der Waals surface area contributed by atoms with Crippen LogP contribution in [0.2, 0.25) is 0 Å². The summed E-state index contributed by atoms with van der Waals surface area (Å²) in [6, 6.07) is 12.0. The van der Waals surface area contributed by atoms with Crippen molar-refractivity contribution in [3.8, 4) is 5.75 Å². The molecule has 0 spiro atoms. The molecule has 1 atom stereocenters. The number of imidazole rings is 1. The molecule has 9 nitrogen and oxygen atoms in total. The van der Waals surface area contributed by atoms with Crippen LogP contribution >= 0.6 is 0 Å². The number of fused-ring (bicyclic) bond motifs is 1. The topological polar surface area (TPSA) is 96.6 Å². The molecule has 9 heteroatoms. The van der Waals surface area contributed by atoms with Gasteiger partial charge >= 0.3 is 0 Å². The number of aromatic nitrogens is 2. The van der Waals surface area contributed by atoms with Crippen LogP contribution in [0.4, 0.5) is 0 Å². The molecule has 1 aromatic carbocycles. The number of carbonyl (C=O) groups excluding carboxylic acids is 2. The largest absolute Gasteiger partial charge is 0.505 e. The lowest BCUT2D eigenvalue weighted by Crippen LogP contribution is -2.42. The molecule has 4 heterocycles. The van der Waals surface area contributed by atoms with Crippen molar-refractivity contribution in [3.05, 3.63) is 71.2 Å². The molecular weight excluding hydrogens is 448 g/mol. The molecule has 2 saturated heterocycles. The van der Waals surface area contributed by atoms with Crippen LogP contribution in [-0.2, 0) is 14.3 Å². The number of pyridine rings is 1. The Morgan fingerprint density at radius 3 is 2.63 bits per heavy atom. The number of aliphatic hydroxyl groups excluding tert-OH is 1. The van der Waals surface area contributed by atoms with E-state index in [1.54, 1.807) is 35.6 Å². The average Bonchev–Trinajstić information content (AvgIpc) is 3.35.